The Bertz CT molecular complexity index is 419. The predicted molar refractivity (Wildman–Crippen MR) is 68.5 cm³/mol. The van der Waals surface area contributed by atoms with Gasteiger partial charge < -0.3 is 9.84 Å². The molecule has 0 aromatic rings. The van der Waals surface area contributed by atoms with E-state index in [1.54, 1.807) is 0 Å². The van der Waals surface area contributed by atoms with Gasteiger partial charge >= 0.3 is 0 Å². The van der Waals surface area contributed by atoms with Crippen molar-refractivity contribution in [1.29, 1.82) is 0 Å². The number of aliphatic hydroxyl groups is 1. The van der Waals surface area contributed by atoms with Crippen LogP contribution in [0.2, 0.25) is 0 Å². The number of hydrogen-bond acceptors (Lipinski definition) is 3. The molecule has 0 amide bonds. The first-order valence-electron chi connectivity index (χ1n) is 6.65. The molecule has 2 bridgehead atoms. The van der Waals surface area contributed by atoms with Crippen molar-refractivity contribution in [1.82, 2.24) is 0 Å². The van der Waals surface area contributed by atoms with Crippen molar-refractivity contribution >= 4 is 17.4 Å². The number of Topliss-reactive ketones (excluding diaryl/α,β-unsaturated/α-hetero) is 1. The van der Waals surface area contributed by atoms with Crippen LogP contribution in [0.4, 0.5) is 0 Å². The highest BCUT2D eigenvalue weighted by Crippen LogP contribution is 2.56. The Labute approximate surface area is 112 Å². The van der Waals surface area contributed by atoms with Gasteiger partial charge in [-0.15, -0.1) is 11.6 Å². The molecule has 1 heterocycles. The zero-order valence-corrected chi connectivity index (χ0v) is 11.4. The van der Waals surface area contributed by atoms with Crippen LogP contribution >= 0.6 is 11.6 Å². The minimum atomic E-state index is -1.38. The number of ether oxygens (including phenoxy) is 1. The Morgan fingerprint density at radius 2 is 2.39 bits per heavy atom. The topological polar surface area (TPSA) is 46.5 Å². The molecular formula is C14H19ClO3. The van der Waals surface area contributed by atoms with E-state index in [0.717, 1.165) is 24.8 Å². The van der Waals surface area contributed by atoms with Gasteiger partial charge in [0.1, 0.15) is 5.60 Å². The van der Waals surface area contributed by atoms with E-state index < -0.39 is 11.0 Å². The zero-order valence-electron chi connectivity index (χ0n) is 10.6. The van der Waals surface area contributed by atoms with Crippen LogP contribution < -0.4 is 0 Å². The Kier molecular flexibility index (Phi) is 2.85. The highest BCUT2D eigenvalue weighted by molar-refractivity contribution is 6.21. The number of fused-ring (bicyclic) bond motifs is 1. The van der Waals surface area contributed by atoms with Crippen LogP contribution in [0, 0.1) is 17.3 Å². The molecular weight excluding hydrogens is 252 g/mol. The molecule has 4 aliphatic rings. The second-order valence-corrected chi connectivity index (χ2v) is 6.26. The van der Waals surface area contributed by atoms with Gasteiger partial charge in [-0.25, -0.2) is 0 Å². The fraction of sp³-hybridized carbons (Fsp3) is 0.786. The predicted octanol–water partition coefficient (Wildman–Crippen LogP) is 1.92. The first-order valence-corrected chi connectivity index (χ1v) is 7.18. The molecule has 0 aromatic heterocycles. The van der Waals surface area contributed by atoms with Crippen molar-refractivity contribution < 1.29 is 14.6 Å². The maximum Gasteiger partial charge on any atom is 0.178 e. The molecule has 4 heteroatoms. The summed E-state index contributed by atoms with van der Waals surface area (Å²) in [5.41, 5.74) is -0.914. The molecule has 0 unspecified atom stereocenters. The van der Waals surface area contributed by atoms with Crippen molar-refractivity contribution in [3.8, 4) is 0 Å². The Hall–Kier alpha value is -0.380. The van der Waals surface area contributed by atoms with Gasteiger partial charge in [-0.05, 0) is 32.1 Å². The SMILES string of the molecule is CC1=C[C@@]23COCCC[C@H]2C[C@@H]1[C@@](O)(CCl)C3=O. The molecule has 18 heavy (non-hydrogen) atoms. The van der Waals surface area contributed by atoms with Gasteiger partial charge in [0.25, 0.3) is 0 Å². The summed E-state index contributed by atoms with van der Waals surface area (Å²) in [4.78, 5) is 12.7. The lowest BCUT2D eigenvalue weighted by molar-refractivity contribution is -0.165. The van der Waals surface area contributed by atoms with Gasteiger partial charge in [0.15, 0.2) is 5.78 Å². The summed E-state index contributed by atoms with van der Waals surface area (Å²) in [7, 11) is 0. The number of hydrogen-bond donors (Lipinski definition) is 1. The molecule has 1 spiro atoms. The van der Waals surface area contributed by atoms with Crippen molar-refractivity contribution in [2.45, 2.75) is 31.8 Å². The highest BCUT2D eigenvalue weighted by Gasteiger charge is 2.63. The van der Waals surface area contributed by atoms with Crippen LogP contribution in [0.5, 0.6) is 0 Å². The number of rotatable bonds is 1. The molecule has 1 N–H and O–H groups in total. The van der Waals surface area contributed by atoms with Crippen LogP contribution in [-0.4, -0.2) is 35.6 Å². The third kappa shape index (κ3) is 1.41. The van der Waals surface area contributed by atoms with Crippen molar-refractivity contribution in [2.75, 3.05) is 19.1 Å². The Balaban J connectivity index is 2.12. The summed E-state index contributed by atoms with van der Waals surface area (Å²) < 4.78 is 5.62. The first-order chi connectivity index (χ1) is 8.54. The molecule has 1 aliphatic heterocycles. The maximum absolute atomic E-state index is 12.7. The van der Waals surface area contributed by atoms with E-state index in [0.29, 0.717) is 19.1 Å². The fourth-order valence-electron chi connectivity index (χ4n) is 4.12. The third-order valence-corrected chi connectivity index (χ3v) is 5.47. The van der Waals surface area contributed by atoms with Crippen LogP contribution in [0.1, 0.15) is 26.2 Å². The van der Waals surface area contributed by atoms with Crippen LogP contribution in [0.25, 0.3) is 0 Å². The molecule has 2 fully saturated rings. The summed E-state index contributed by atoms with van der Waals surface area (Å²) in [5, 5.41) is 10.7. The van der Waals surface area contributed by atoms with E-state index >= 15 is 0 Å². The van der Waals surface area contributed by atoms with Crippen LogP contribution in [-0.2, 0) is 9.53 Å². The summed E-state index contributed by atoms with van der Waals surface area (Å²) in [6.45, 7) is 3.11. The van der Waals surface area contributed by atoms with Gasteiger partial charge in [-0.3, -0.25) is 4.79 Å². The number of carbonyl (C=O) groups excluding carboxylic acids is 1. The number of halogens is 1. The third-order valence-electron chi connectivity index (χ3n) is 5.06. The molecule has 1 saturated carbocycles. The largest absolute Gasteiger partial charge is 0.380 e. The van der Waals surface area contributed by atoms with Crippen LogP contribution in [0.15, 0.2) is 11.6 Å². The molecule has 0 aromatic carbocycles. The van der Waals surface area contributed by atoms with Gasteiger partial charge in [0.2, 0.25) is 0 Å². The van der Waals surface area contributed by atoms with Gasteiger partial charge in [-0.1, -0.05) is 11.6 Å². The molecule has 0 radical (unpaired) electrons. The lowest BCUT2D eigenvalue weighted by Crippen LogP contribution is -2.65. The molecule has 4 rings (SSSR count). The highest BCUT2D eigenvalue weighted by atomic mass is 35.5. The van der Waals surface area contributed by atoms with E-state index in [2.05, 4.69) is 6.08 Å². The molecule has 3 nitrogen and oxygen atoms in total. The lowest BCUT2D eigenvalue weighted by Gasteiger charge is -2.54. The molecule has 100 valence electrons. The minimum Gasteiger partial charge on any atom is -0.380 e. The van der Waals surface area contributed by atoms with Crippen molar-refractivity contribution in [3.05, 3.63) is 11.6 Å². The second-order valence-electron chi connectivity index (χ2n) is 6.00. The quantitative estimate of drug-likeness (QED) is 0.585. The van der Waals surface area contributed by atoms with E-state index in [1.165, 1.54) is 0 Å². The Morgan fingerprint density at radius 1 is 1.61 bits per heavy atom. The number of ketones is 1. The van der Waals surface area contributed by atoms with E-state index in [1.807, 2.05) is 6.92 Å². The fourth-order valence-corrected chi connectivity index (χ4v) is 4.42. The average molecular weight is 271 g/mol. The standard InChI is InChI=1S/C14H19ClO3/c1-9-6-13-8-18-4-2-3-10(13)5-11(9)14(17,7-15)12(13)16/h6,10-11,17H,2-5,7-8H2,1H3/t10-,11-,13+,14-/m0/s1. The van der Waals surface area contributed by atoms with Crippen molar-refractivity contribution in [3.63, 3.8) is 0 Å². The monoisotopic (exact) mass is 270 g/mol. The molecule has 1 saturated heterocycles. The summed E-state index contributed by atoms with van der Waals surface area (Å²) in [6, 6.07) is 0. The summed E-state index contributed by atoms with van der Waals surface area (Å²) in [5.74, 6) is 0.0757. The smallest absolute Gasteiger partial charge is 0.178 e. The second kappa shape index (κ2) is 4.06. The van der Waals surface area contributed by atoms with Gasteiger partial charge in [-0.2, -0.15) is 0 Å². The van der Waals surface area contributed by atoms with E-state index in [-0.39, 0.29) is 17.6 Å². The van der Waals surface area contributed by atoms with Gasteiger partial charge in [0.05, 0.1) is 17.9 Å². The van der Waals surface area contributed by atoms with E-state index in [9.17, 15) is 9.90 Å². The van der Waals surface area contributed by atoms with Gasteiger partial charge in [0, 0.05) is 12.5 Å². The summed E-state index contributed by atoms with van der Waals surface area (Å²) >= 11 is 5.91. The molecule has 3 aliphatic carbocycles. The zero-order chi connectivity index (χ0) is 13.0. The number of carbonyl (C=O) groups is 1. The maximum atomic E-state index is 12.7. The normalized spacial score (nSPS) is 47.5. The van der Waals surface area contributed by atoms with Crippen molar-refractivity contribution in [2.24, 2.45) is 17.3 Å². The first kappa shape index (κ1) is 12.6. The summed E-state index contributed by atoms with van der Waals surface area (Å²) in [6.07, 6.45) is 4.92. The van der Waals surface area contributed by atoms with E-state index in [4.69, 9.17) is 16.3 Å². The lowest BCUT2D eigenvalue weighted by atomic mass is 9.50. The average Bonchev–Trinajstić information content (AvgIpc) is 2.57. The van der Waals surface area contributed by atoms with Crippen LogP contribution in [0.3, 0.4) is 0 Å². The minimum absolute atomic E-state index is 0.0177. The number of alkyl halides is 1. The molecule has 4 atom stereocenters. The Morgan fingerprint density at radius 3 is 3.11 bits per heavy atom.